The van der Waals surface area contributed by atoms with Gasteiger partial charge in [-0.05, 0) is 62.1 Å². The Balaban J connectivity index is 1.57. The minimum absolute atomic E-state index is 0.182. The smallest absolute Gasteiger partial charge is 0.276 e. The third kappa shape index (κ3) is 3.90. The Bertz CT molecular complexity index is 1090. The second-order valence-electron chi connectivity index (χ2n) is 7.39. The maximum atomic E-state index is 13.1. The van der Waals surface area contributed by atoms with Crippen molar-refractivity contribution in [1.29, 1.82) is 0 Å². The lowest BCUT2D eigenvalue weighted by atomic mass is 10.0. The van der Waals surface area contributed by atoms with Crippen molar-refractivity contribution in [1.82, 2.24) is 4.98 Å². The van der Waals surface area contributed by atoms with E-state index >= 15 is 0 Å². The van der Waals surface area contributed by atoms with Crippen LogP contribution in [0.2, 0.25) is 0 Å². The predicted molar refractivity (Wildman–Crippen MR) is 115 cm³/mol. The van der Waals surface area contributed by atoms with Gasteiger partial charge < -0.3 is 10.2 Å². The van der Waals surface area contributed by atoms with E-state index in [2.05, 4.69) is 16.4 Å². The summed E-state index contributed by atoms with van der Waals surface area (Å²) in [6, 6.07) is 17.0. The molecule has 146 valence electrons. The third-order valence-electron chi connectivity index (χ3n) is 5.23. The van der Waals surface area contributed by atoms with Crippen molar-refractivity contribution in [3.8, 4) is 0 Å². The fraction of sp³-hybridized carbons (Fsp3) is 0.208. The SMILES string of the molecule is Cc1ccc(NC(=O)c2ccnc(C(=O)N3CCCc4ccccc43)c2)c(C)c1. The van der Waals surface area contributed by atoms with Crippen LogP contribution in [0, 0.1) is 13.8 Å². The molecule has 1 aliphatic heterocycles. The monoisotopic (exact) mass is 385 g/mol. The number of hydrogen-bond acceptors (Lipinski definition) is 3. The molecule has 0 saturated carbocycles. The van der Waals surface area contributed by atoms with Gasteiger partial charge in [0.15, 0.2) is 0 Å². The highest BCUT2D eigenvalue weighted by Gasteiger charge is 2.24. The third-order valence-corrected chi connectivity index (χ3v) is 5.23. The standard InChI is InChI=1S/C24H23N3O2/c1-16-9-10-20(17(2)14-16)26-23(28)19-11-12-25-21(15-19)24(29)27-13-5-7-18-6-3-4-8-22(18)27/h3-4,6,8-12,14-15H,5,7,13H2,1-2H3,(H,26,28). The summed E-state index contributed by atoms with van der Waals surface area (Å²) in [4.78, 5) is 31.8. The number of amides is 2. The molecule has 5 heteroatoms. The normalized spacial score (nSPS) is 13.0. The van der Waals surface area contributed by atoms with Crippen LogP contribution in [-0.4, -0.2) is 23.3 Å². The average molecular weight is 385 g/mol. The topological polar surface area (TPSA) is 62.3 Å². The van der Waals surface area contributed by atoms with E-state index in [0.717, 1.165) is 40.9 Å². The number of benzene rings is 2. The second kappa shape index (κ2) is 7.87. The number of hydrogen-bond donors (Lipinski definition) is 1. The summed E-state index contributed by atoms with van der Waals surface area (Å²) in [5, 5.41) is 2.92. The van der Waals surface area contributed by atoms with Crippen molar-refractivity contribution < 1.29 is 9.59 Å². The number of fused-ring (bicyclic) bond motifs is 1. The Morgan fingerprint density at radius 3 is 2.69 bits per heavy atom. The fourth-order valence-electron chi connectivity index (χ4n) is 3.72. The average Bonchev–Trinajstić information content (AvgIpc) is 2.75. The summed E-state index contributed by atoms with van der Waals surface area (Å²) in [6.07, 6.45) is 3.39. The Labute approximate surface area is 170 Å². The highest BCUT2D eigenvalue weighted by molar-refractivity contribution is 6.09. The Hall–Kier alpha value is -3.47. The van der Waals surface area contributed by atoms with Gasteiger partial charge in [0.05, 0.1) is 0 Å². The summed E-state index contributed by atoms with van der Waals surface area (Å²) in [6.45, 7) is 4.62. The number of anilines is 2. The molecule has 1 N–H and O–H groups in total. The van der Waals surface area contributed by atoms with Gasteiger partial charge >= 0.3 is 0 Å². The zero-order chi connectivity index (χ0) is 20.4. The predicted octanol–water partition coefficient (Wildman–Crippen LogP) is 4.54. The largest absolute Gasteiger partial charge is 0.322 e. The van der Waals surface area contributed by atoms with Gasteiger partial charge in [0.1, 0.15) is 5.69 Å². The molecule has 4 rings (SSSR count). The molecule has 2 amide bonds. The molecule has 0 bridgehead atoms. The number of carbonyl (C=O) groups is 2. The fourth-order valence-corrected chi connectivity index (χ4v) is 3.72. The number of nitrogens with one attached hydrogen (secondary N) is 1. The second-order valence-corrected chi connectivity index (χ2v) is 7.39. The summed E-state index contributed by atoms with van der Waals surface area (Å²) in [7, 11) is 0. The minimum atomic E-state index is -0.257. The van der Waals surface area contributed by atoms with Gasteiger partial charge in [-0.15, -0.1) is 0 Å². The van der Waals surface area contributed by atoms with Gasteiger partial charge in [-0.1, -0.05) is 35.9 Å². The molecule has 2 heterocycles. The molecule has 2 aromatic carbocycles. The van der Waals surface area contributed by atoms with Crippen molar-refractivity contribution >= 4 is 23.2 Å². The number of aryl methyl sites for hydroxylation is 3. The lowest BCUT2D eigenvalue weighted by Crippen LogP contribution is -2.36. The van der Waals surface area contributed by atoms with Crippen molar-refractivity contribution in [3.63, 3.8) is 0 Å². The quantitative estimate of drug-likeness (QED) is 0.720. The van der Waals surface area contributed by atoms with Crippen molar-refractivity contribution in [2.24, 2.45) is 0 Å². The Morgan fingerprint density at radius 1 is 1.03 bits per heavy atom. The van der Waals surface area contributed by atoms with Crippen LogP contribution in [0.25, 0.3) is 0 Å². The maximum Gasteiger partial charge on any atom is 0.276 e. The van der Waals surface area contributed by atoms with E-state index in [1.54, 1.807) is 17.0 Å². The molecule has 0 saturated heterocycles. The molecular formula is C24H23N3O2. The molecule has 0 fully saturated rings. The van der Waals surface area contributed by atoms with Gasteiger partial charge in [0.2, 0.25) is 0 Å². The van der Waals surface area contributed by atoms with E-state index in [1.165, 1.54) is 6.20 Å². The highest BCUT2D eigenvalue weighted by Crippen LogP contribution is 2.28. The van der Waals surface area contributed by atoms with Crippen molar-refractivity contribution in [2.45, 2.75) is 26.7 Å². The number of rotatable bonds is 3. The molecule has 1 aliphatic rings. The first kappa shape index (κ1) is 18.9. The zero-order valence-corrected chi connectivity index (χ0v) is 16.6. The van der Waals surface area contributed by atoms with Crippen LogP contribution in [0.5, 0.6) is 0 Å². The minimum Gasteiger partial charge on any atom is -0.322 e. The molecule has 0 aliphatic carbocycles. The number of para-hydroxylation sites is 1. The van der Waals surface area contributed by atoms with Crippen LogP contribution in [-0.2, 0) is 6.42 Å². The zero-order valence-electron chi connectivity index (χ0n) is 16.6. The first-order chi connectivity index (χ1) is 14.0. The summed E-state index contributed by atoms with van der Waals surface area (Å²) in [5.74, 6) is -0.439. The molecule has 1 aromatic heterocycles. The lowest BCUT2D eigenvalue weighted by molar-refractivity contribution is 0.0980. The van der Waals surface area contributed by atoms with Crippen LogP contribution < -0.4 is 10.2 Å². The van der Waals surface area contributed by atoms with Crippen LogP contribution in [0.4, 0.5) is 11.4 Å². The van der Waals surface area contributed by atoms with Gasteiger partial charge in [0.25, 0.3) is 11.8 Å². The summed E-state index contributed by atoms with van der Waals surface area (Å²) >= 11 is 0. The van der Waals surface area contributed by atoms with Gasteiger partial charge in [0, 0.05) is 29.7 Å². The van der Waals surface area contributed by atoms with Gasteiger partial charge in [-0.25, -0.2) is 0 Å². The van der Waals surface area contributed by atoms with E-state index in [0.29, 0.717) is 12.1 Å². The maximum absolute atomic E-state index is 13.1. The molecule has 5 nitrogen and oxygen atoms in total. The number of aromatic nitrogens is 1. The van der Waals surface area contributed by atoms with Crippen molar-refractivity contribution in [3.05, 3.63) is 88.7 Å². The first-order valence-corrected chi connectivity index (χ1v) is 9.77. The first-order valence-electron chi connectivity index (χ1n) is 9.77. The molecule has 0 unspecified atom stereocenters. The summed E-state index contributed by atoms with van der Waals surface area (Å²) in [5.41, 5.74) is 5.66. The van der Waals surface area contributed by atoms with Crippen LogP contribution in [0.15, 0.2) is 60.8 Å². The van der Waals surface area contributed by atoms with E-state index in [4.69, 9.17) is 0 Å². The van der Waals surface area contributed by atoms with Crippen LogP contribution in [0.3, 0.4) is 0 Å². The van der Waals surface area contributed by atoms with E-state index in [-0.39, 0.29) is 17.5 Å². The van der Waals surface area contributed by atoms with Crippen molar-refractivity contribution in [2.75, 3.05) is 16.8 Å². The van der Waals surface area contributed by atoms with E-state index in [9.17, 15) is 9.59 Å². The molecule has 0 radical (unpaired) electrons. The van der Waals surface area contributed by atoms with Crippen LogP contribution in [0.1, 0.15) is 44.0 Å². The number of carbonyl (C=O) groups excluding carboxylic acids is 2. The molecular weight excluding hydrogens is 362 g/mol. The molecule has 0 atom stereocenters. The summed E-state index contributed by atoms with van der Waals surface area (Å²) < 4.78 is 0. The lowest BCUT2D eigenvalue weighted by Gasteiger charge is -2.29. The molecule has 0 spiro atoms. The van der Waals surface area contributed by atoms with E-state index < -0.39 is 0 Å². The van der Waals surface area contributed by atoms with Crippen LogP contribution >= 0.6 is 0 Å². The molecule has 29 heavy (non-hydrogen) atoms. The molecule has 3 aromatic rings. The Morgan fingerprint density at radius 2 is 1.86 bits per heavy atom. The highest BCUT2D eigenvalue weighted by atomic mass is 16.2. The number of nitrogens with zero attached hydrogens (tertiary/aromatic N) is 2. The van der Waals surface area contributed by atoms with E-state index in [1.807, 2.05) is 50.2 Å². The Kier molecular flexibility index (Phi) is 5.12. The number of pyridine rings is 1. The van der Waals surface area contributed by atoms with Gasteiger partial charge in [-0.2, -0.15) is 0 Å². The van der Waals surface area contributed by atoms with Gasteiger partial charge in [-0.3, -0.25) is 14.6 Å².